The maximum Gasteiger partial charge on any atom is 0.244 e. The Balaban J connectivity index is 1.44. The summed E-state index contributed by atoms with van der Waals surface area (Å²) in [5.74, 6) is 0.733. The summed E-state index contributed by atoms with van der Waals surface area (Å²) in [6.45, 7) is 7.54. The number of nitrogens with zero attached hydrogens (tertiary/aromatic N) is 4. The minimum atomic E-state index is 0.0587. The lowest BCUT2D eigenvalue weighted by molar-refractivity contribution is -0.129. The number of benzene rings is 1. The van der Waals surface area contributed by atoms with E-state index in [1.54, 1.807) is 0 Å². The van der Waals surface area contributed by atoms with Crippen LogP contribution in [0, 0.1) is 0 Å². The van der Waals surface area contributed by atoms with Crippen LogP contribution in [0.2, 0.25) is 5.02 Å². The third kappa shape index (κ3) is 6.42. The van der Waals surface area contributed by atoms with Crippen molar-refractivity contribution in [3.8, 4) is 0 Å². The predicted molar refractivity (Wildman–Crippen MR) is 119 cm³/mol. The molecule has 1 aromatic heterocycles. The first kappa shape index (κ1) is 21.0. The molecule has 0 radical (unpaired) electrons. The van der Waals surface area contributed by atoms with Crippen molar-refractivity contribution in [3.05, 3.63) is 53.8 Å². The lowest BCUT2D eigenvalue weighted by Crippen LogP contribution is -2.49. The van der Waals surface area contributed by atoms with Crippen molar-refractivity contribution in [2.45, 2.75) is 13.5 Å². The minimum Gasteiger partial charge on any atom is -0.368 e. The van der Waals surface area contributed by atoms with Crippen molar-refractivity contribution >= 4 is 29.2 Å². The molecule has 7 nitrogen and oxygen atoms in total. The maximum atomic E-state index is 12.6. The molecule has 1 aliphatic rings. The van der Waals surface area contributed by atoms with Crippen LogP contribution in [-0.2, 0) is 11.3 Å². The first-order chi connectivity index (χ1) is 14.2. The Morgan fingerprint density at radius 3 is 2.41 bits per heavy atom. The van der Waals surface area contributed by atoms with Gasteiger partial charge in [-0.15, -0.1) is 0 Å². The molecule has 3 rings (SSSR count). The summed E-state index contributed by atoms with van der Waals surface area (Å²) in [5, 5.41) is 7.21. The Hall–Kier alpha value is -2.67. The van der Waals surface area contributed by atoms with Crippen LogP contribution in [0.1, 0.15) is 6.92 Å². The van der Waals surface area contributed by atoms with Crippen LogP contribution in [0.25, 0.3) is 0 Å². The molecular weight excluding hydrogens is 388 g/mol. The topological polar surface area (TPSA) is 64.9 Å². The molecule has 0 aliphatic carbocycles. The van der Waals surface area contributed by atoms with Crippen molar-refractivity contribution in [2.75, 3.05) is 50.7 Å². The van der Waals surface area contributed by atoms with E-state index in [-0.39, 0.29) is 12.5 Å². The van der Waals surface area contributed by atoms with Crippen LogP contribution >= 0.6 is 11.6 Å². The normalized spacial score (nSPS) is 14.8. The van der Waals surface area contributed by atoms with Crippen LogP contribution in [0.4, 0.5) is 5.69 Å². The van der Waals surface area contributed by atoms with Gasteiger partial charge in [-0.2, -0.15) is 0 Å². The number of carbonyl (C=O) groups excluding carboxylic acids is 1. The number of rotatable bonds is 7. The summed E-state index contributed by atoms with van der Waals surface area (Å²) in [4.78, 5) is 21.2. The molecule has 1 fully saturated rings. The molecule has 156 valence electrons. The van der Waals surface area contributed by atoms with Gasteiger partial charge >= 0.3 is 0 Å². The van der Waals surface area contributed by atoms with Gasteiger partial charge in [-0.05, 0) is 43.3 Å². The summed E-state index contributed by atoms with van der Waals surface area (Å²) >= 11 is 5.96. The lowest BCUT2D eigenvalue weighted by Gasteiger charge is -2.36. The number of piperazine rings is 1. The molecule has 2 aromatic rings. The summed E-state index contributed by atoms with van der Waals surface area (Å²) < 4.78 is 2.10. The van der Waals surface area contributed by atoms with Gasteiger partial charge in [-0.25, -0.2) is 4.99 Å². The van der Waals surface area contributed by atoms with Crippen molar-refractivity contribution in [1.82, 2.24) is 20.1 Å². The molecule has 0 saturated carbocycles. The largest absolute Gasteiger partial charge is 0.368 e. The molecule has 2 N–H and O–H groups in total. The van der Waals surface area contributed by atoms with E-state index in [1.165, 1.54) is 0 Å². The first-order valence-electron chi connectivity index (χ1n) is 10.1. The summed E-state index contributed by atoms with van der Waals surface area (Å²) in [7, 11) is 0. The molecule has 0 spiro atoms. The SMILES string of the molecule is CCNC(=NCC(=O)N1CCN(c2ccc(Cl)cc2)CC1)NCCn1cccc1. The quantitative estimate of drug-likeness (QED) is 0.535. The molecule has 1 amide bonds. The fraction of sp³-hybridized carbons (Fsp3) is 0.429. The number of hydrogen-bond acceptors (Lipinski definition) is 3. The van der Waals surface area contributed by atoms with Gasteiger partial charge in [0, 0.05) is 68.9 Å². The second-order valence-electron chi connectivity index (χ2n) is 6.89. The highest BCUT2D eigenvalue weighted by molar-refractivity contribution is 6.30. The summed E-state index contributed by atoms with van der Waals surface area (Å²) in [6.07, 6.45) is 4.05. The van der Waals surface area contributed by atoms with E-state index >= 15 is 0 Å². The number of hydrogen-bond donors (Lipinski definition) is 2. The van der Waals surface area contributed by atoms with E-state index in [2.05, 4.69) is 25.1 Å². The molecule has 1 saturated heterocycles. The van der Waals surface area contributed by atoms with Gasteiger partial charge < -0.3 is 25.0 Å². The fourth-order valence-corrected chi connectivity index (χ4v) is 3.40. The highest BCUT2D eigenvalue weighted by Gasteiger charge is 2.21. The number of nitrogens with one attached hydrogen (secondary N) is 2. The Bertz CT molecular complexity index is 782. The van der Waals surface area contributed by atoms with E-state index in [4.69, 9.17) is 11.6 Å². The molecule has 0 unspecified atom stereocenters. The molecule has 8 heteroatoms. The van der Waals surface area contributed by atoms with Gasteiger partial charge in [0.25, 0.3) is 0 Å². The van der Waals surface area contributed by atoms with Gasteiger partial charge in [0.15, 0.2) is 5.96 Å². The number of aliphatic imine (C=N–C) groups is 1. The Labute approximate surface area is 177 Å². The van der Waals surface area contributed by atoms with Crippen LogP contribution in [-0.4, -0.2) is 67.1 Å². The molecule has 0 bridgehead atoms. The highest BCUT2D eigenvalue weighted by Crippen LogP contribution is 2.19. The number of guanidine groups is 1. The van der Waals surface area contributed by atoms with Crippen LogP contribution in [0.3, 0.4) is 0 Å². The molecule has 0 atom stereocenters. The third-order valence-electron chi connectivity index (χ3n) is 4.87. The molecule has 2 heterocycles. The zero-order chi connectivity index (χ0) is 20.5. The van der Waals surface area contributed by atoms with Crippen molar-refractivity contribution < 1.29 is 4.79 Å². The van der Waals surface area contributed by atoms with E-state index in [9.17, 15) is 4.79 Å². The average molecular weight is 417 g/mol. The molecule has 1 aliphatic heterocycles. The Morgan fingerprint density at radius 2 is 1.76 bits per heavy atom. The molecule has 29 heavy (non-hydrogen) atoms. The van der Waals surface area contributed by atoms with E-state index in [0.717, 1.165) is 43.4 Å². The second-order valence-corrected chi connectivity index (χ2v) is 7.32. The summed E-state index contributed by atoms with van der Waals surface area (Å²) in [6, 6.07) is 11.8. The number of halogens is 1. The van der Waals surface area contributed by atoms with Gasteiger partial charge in [0.05, 0.1) is 0 Å². The lowest BCUT2D eigenvalue weighted by atomic mass is 10.2. The van der Waals surface area contributed by atoms with Gasteiger partial charge in [0.1, 0.15) is 6.54 Å². The maximum absolute atomic E-state index is 12.6. The Kier molecular flexibility index (Phi) is 7.81. The smallest absolute Gasteiger partial charge is 0.244 e. The highest BCUT2D eigenvalue weighted by atomic mass is 35.5. The van der Waals surface area contributed by atoms with Gasteiger partial charge in [0.2, 0.25) is 5.91 Å². The van der Waals surface area contributed by atoms with Crippen LogP contribution < -0.4 is 15.5 Å². The summed E-state index contributed by atoms with van der Waals surface area (Å²) in [5.41, 5.74) is 1.14. The van der Waals surface area contributed by atoms with Gasteiger partial charge in [-0.3, -0.25) is 4.79 Å². The van der Waals surface area contributed by atoms with Crippen LogP contribution in [0.15, 0.2) is 53.8 Å². The third-order valence-corrected chi connectivity index (χ3v) is 5.12. The zero-order valence-corrected chi connectivity index (χ0v) is 17.6. The van der Waals surface area contributed by atoms with Crippen LogP contribution in [0.5, 0.6) is 0 Å². The zero-order valence-electron chi connectivity index (χ0n) is 16.9. The average Bonchev–Trinajstić information content (AvgIpc) is 3.26. The number of carbonyl (C=O) groups is 1. The minimum absolute atomic E-state index is 0.0587. The first-order valence-corrected chi connectivity index (χ1v) is 10.4. The molecular formula is C21H29ClN6O. The number of amides is 1. The van der Waals surface area contributed by atoms with E-state index < -0.39 is 0 Å². The van der Waals surface area contributed by atoms with Gasteiger partial charge in [-0.1, -0.05) is 11.6 Å². The van der Waals surface area contributed by atoms with E-state index in [0.29, 0.717) is 19.0 Å². The van der Waals surface area contributed by atoms with Crippen molar-refractivity contribution in [2.24, 2.45) is 4.99 Å². The van der Waals surface area contributed by atoms with Crippen molar-refractivity contribution in [1.29, 1.82) is 0 Å². The van der Waals surface area contributed by atoms with E-state index in [1.807, 2.05) is 60.6 Å². The molecule has 1 aromatic carbocycles. The number of aromatic nitrogens is 1. The predicted octanol–water partition coefficient (Wildman–Crippen LogP) is 2.05. The standard InChI is InChI=1S/C21H29ClN6O/c1-2-23-21(24-9-12-26-10-3-4-11-26)25-17-20(29)28-15-13-27(14-16-28)19-7-5-18(22)6-8-19/h3-8,10-11H,2,9,12-17H2,1H3,(H2,23,24,25). The fourth-order valence-electron chi connectivity index (χ4n) is 3.28. The Morgan fingerprint density at radius 1 is 1.07 bits per heavy atom. The monoisotopic (exact) mass is 416 g/mol. The number of anilines is 1. The second kappa shape index (κ2) is 10.8. The van der Waals surface area contributed by atoms with Crippen molar-refractivity contribution in [3.63, 3.8) is 0 Å².